The third-order valence-electron chi connectivity index (χ3n) is 5.87. The van der Waals surface area contributed by atoms with Gasteiger partial charge in [-0.3, -0.25) is 0 Å². The SMILES string of the molecule is COc1cc2ncnc(Nc3ccc(F)c(Cl)c3)c2cc1OC1CCC(NS(=O)(=O)N(C)C)CC1. The van der Waals surface area contributed by atoms with E-state index in [1.807, 2.05) is 6.07 Å². The quantitative estimate of drug-likeness (QED) is 0.454. The number of rotatable bonds is 8. The first kappa shape index (κ1) is 25.4. The summed E-state index contributed by atoms with van der Waals surface area (Å²) in [5, 5.41) is 3.85. The molecule has 1 saturated carbocycles. The summed E-state index contributed by atoms with van der Waals surface area (Å²) in [6, 6.07) is 7.77. The van der Waals surface area contributed by atoms with Gasteiger partial charge in [0.05, 0.1) is 23.8 Å². The van der Waals surface area contributed by atoms with Gasteiger partial charge in [0.15, 0.2) is 11.5 Å². The van der Waals surface area contributed by atoms with Crippen LogP contribution in [0.25, 0.3) is 10.9 Å². The molecule has 1 aromatic heterocycles. The van der Waals surface area contributed by atoms with Gasteiger partial charge in [0, 0.05) is 37.3 Å². The molecule has 0 saturated heterocycles. The predicted octanol–water partition coefficient (Wildman–Crippen LogP) is 4.26. The zero-order valence-corrected chi connectivity index (χ0v) is 21.2. The minimum absolute atomic E-state index is 0.00234. The van der Waals surface area contributed by atoms with E-state index in [1.165, 1.54) is 36.9 Å². The molecule has 9 nitrogen and oxygen atoms in total. The zero-order valence-electron chi connectivity index (χ0n) is 19.6. The summed E-state index contributed by atoms with van der Waals surface area (Å²) in [4.78, 5) is 8.66. The van der Waals surface area contributed by atoms with Crippen molar-refractivity contribution in [3.63, 3.8) is 0 Å². The number of hydrogen-bond donors (Lipinski definition) is 2. The fraction of sp³-hybridized carbons (Fsp3) is 0.391. The van der Waals surface area contributed by atoms with Crippen molar-refractivity contribution in [2.75, 3.05) is 26.5 Å². The Kier molecular flexibility index (Phi) is 7.60. The highest BCUT2D eigenvalue weighted by Gasteiger charge is 2.27. The van der Waals surface area contributed by atoms with E-state index in [-0.39, 0.29) is 17.2 Å². The molecule has 3 aromatic rings. The van der Waals surface area contributed by atoms with Crippen LogP contribution >= 0.6 is 11.6 Å². The fourth-order valence-electron chi connectivity index (χ4n) is 3.92. The van der Waals surface area contributed by atoms with Crippen molar-refractivity contribution in [3.8, 4) is 11.5 Å². The number of anilines is 2. The van der Waals surface area contributed by atoms with E-state index >= 15 is 0 Å². The van der Waals surface area contributed by atoms with Gasteiger partial charge in [-0.1, -0.05) is 11.6 Å². The van der Waals surface area contributed by atoms with Crippen LogP contribution in [-0.2, 0) is 10.2 Å². The lowest BCUT2D eigenvalue weighted by molar-refractivity contribution is 0.139. The molecule has 0 amide bonds. The Morgan fingerprint density at radius 3 is 2.49 bits per heavy atom. The molecule has 35 heavy (non-hydrogen) atoms. The second kappa shape index (κ2) is 10.5. The third-order valence-corrected chi connectivity index (χ3v) is 7.75. The molecule has 0 radical (unpaired) electrons. The Bertz CT molecular complexity index is 1320. The van der Waals surface area contributed by atoms with Crippen LogP contribution in [-0.4, -0.2) is 56.0 Å². The van der Waals surface area contributed by atoms with Crippen LogP contribution in [0, 0.1) is 5.82 Å². The first-order valence-electron chi connectivity index (χ1n) is 11.1. The topological polar surface area (TPSA) is 106 Å². The number of benzene rings is 2. The molecule has 12 heteroatoms. The maximum Gasteiger partial charge on any atom is 0.279 e. The molecule has 2 aromatic carbocycles. The number of aromatic nitrogens is 2. The lowest BCUT2D eigenvalue weighted by Gasteiger charge is -2.30. The average Bonchev–Trinajstić information content (AvgIpc) is 2.82. The molecule has 1 heterocycles. The van der Waals surface area contributed by atoms with Crippen molar-refractivity contribution in [3.05, 3.63) is 47.5 Å². The number of ether oxygens (including phenoxy) is 2. The van der Waals surface area contributed by atoms with Gasteiger partial charge in [-0.15, -0.1) is 0 Å². The minimum atomic E-state index is -3.47. The van der Waals surface area contributed by atoms with Gasteiger partial charge in [0.1, 0.15) is 18.0 Å². The number of methoxy groups -OCH3 is 1. The summed E-state index contributed by atoms with van der Waals surface area (Å²) in [5.41, 5.74) is 1.22. The third kappa shape index (κ3) is 5.92. The van der Waals surface area contributed by atoms with Gasteiger partial charge in [-0.2, -0.15) is 17.4 Å². The summed E-state index contributed by atoms with van der Waals surface area (Å²) in [7, 11) is 1.09. The second-order valence-corrected chi connectivity index (χ2v) is 10.8. The molecule has 4 rings (SSSR count). The van der Waals surface area contributed by atoms with Gasteiger partial charge in [0.2, 0.25) is 0 Å². The molecule has 2 N–H and O–H groups in total. The highest BCUT2D eigenvalue weighted by molar-refractivity contribution is 7.87. The van der Waals surface area contributed by atoms with Crippen LogP contribution in [0.4, 0.5) is 15.9 Å². The molecule has 1 aliphatic carbocycles. The number of halogens is 2. The van der Waals surface area contributed by atoms with Crippen LogP contribution in [0.2, 0.25) is 5.02 Å². The Hall–Kier alpha value is -2.73. The molecule has 1 aliphatic rings. The molecule has 0 bridgehead atoms. The smallest absolute Gasteiger partial charge is 0.279 e. The van der Waals surface area contributed by atoms with Crippen LogP contribution in [0.15, 0.2) is 36.7 Å². The largest absolute Gasteiger partial charge is 0.493 e. The van der Waals surface area contributed by atoms with Crippen molar-refractivity contribution in [1.29, 1.82) is 0 Å². The van der Waals surface area contributed by atoms with E-state index in [1.54, 1.807) is 19.2 Å². The van der Waals surface area contributed by atoms with Gasteiger partial charge in [0.25, 0.3) is 10.2 Å². The second-order valence-electron chi connectivity index (χ2n) is 8.49. The first-order valence-corrected chi connectivity index (χ1v) is 12.9. The standard InChI is InChI=1S/C23H27ClFN5O4S/c1-30(2)35(31,32)29-14-4-7-16(8-5-14)34-22-11-17-20(12-21(22)33-3)26-13-27-23(17)28-15-6-9-19(25)18(24)10-15/h6,9-14,16,29H,4-5,7-8H2,1-3H3,(H,26,27,28). The molecular formula is C23H27ClFN5O4S. The lowest BCUT2D eigenvalue weighted by atomic mass is 9.93. The summed E-state index contributed by atoms with van der Waals surface area (Å²) in [5.74, 6) is 1.07. The lowest BCUT2D eigenvalue weighted by Crippen LogP contribution is -2.44. The van der Waals surface area contributed by atoms with Crippen molar-refractivity contribution < 1.29 is 22.3 Å². The van der Waals surface area contributed by atoms with Gasteiger partial charge in [-0.25, -0.2) is 14.4 Å². The predicted molar refractivity (Wildman–Crippen MR) is 133 cm³/mol. The summed E-state index contributed by atoms with van der Waals surface area (Å²) < 4.78 is 53.5. The first-order chi connectivity index (χ1) is 16.7. The van der Waals surface area contributed by atoms with E-state index in [0.717, 1.165) is 0 Å². The van der Waals surface area contributed by atoms with Crippen LogP contribution < -0.4 is 19.5 Å². The minimum Gasteiger partial charge on any atom is -0.493 e. The van der Waals surface area contributed by atoms with E-state index in [9.17, 15) is 12.8 Å². The number of fused-ring (bicyclic) bond motifs is 1. The van der Waals surface area contributed by atoms with E-state index in [0.29, 0.717) is 59.6 Å². The highest BCUT2D eigenvalue weighted by atomic mass is 35.5. The van der Waals surface area contributed by atoms with Gasteiger partial charge in [-0.05, 0) is 49.9 Å². The van der Waals surface area contributed by atoms with E-state index < -0.39 is 16.0 Å². The molecule has 0 aliphatic heterocycles. The highest BCUT2D eigenvalue weighted by Crippen LogP contribution is 2.37. The number of hydrogen-bond acceptors (Lipinski definition) is 7. The molecule has 0 atom stereocenters. The van der Waals surface area contributed by atoms with Crippen LogP contribution in [0.3, 0.4) is 0 Å². The number of nitrogens with zero attached hydrogens (tertiary/aromatic N) is 3. The maximum absolute atomic E-state index is 13.5. The average molecular weight is 524 g/mol. The molecule has 0 spiro atoms. The van der Waals surface area contributed by atoms with Crippen molar-refractivity contribution in [2.45, 2.75) is 37.8 Å². The van der Waals surface area contributed by atoms with Gasteiger partial charge >= 0.3 is 0 Å². The normalized spacial score (nSPS) is 18.6. The zero-order chi connectivity index (χ0) is 25.2. The number of nitrogens with one attached hydrogen (secondary N) is 2. The summed E-state index contributed by atoms with van der Waals surface area (Å²) in [6.45, 7) is 0. The Balaban J connectivity index is 1.53. The maximum atomic E-state index is 13.5. The van der Waals surface area contributed by atoms with Crippen LogP contribution in [0.5, 0.6) is 11.5 Å². The molecule has 188 valence electrons. The monoisotopic (exact) mass is 523 g/mol. The summed E-state index contributed by atoms with van der Waals surface area (Å²) in [6.07, 6.45) is 4.02. The van der Waals surface area contributed by atoms with E-state index in [4.69, 9.17) is 21.1 Å². The summed E-state index contributed by atoms with van der Waals surface area (Å²) >= 11 is 5.91. The van der Waals surface area contributed by atoms with Crippen molar-refractivity contribution in [2.24, 2.45) is 0 Å². The van der Waals surface area contributed by atoms with Gasteiger partial charge < -0.3 is 14.8 Å². The van der Waals surface area contributed by atoms with Crippen molar-refractivity contribution >= 4 is 44.2 Å². The van der Waals surface area contributed by atoms with Crippen molar-refractivity contribution in [1.82, 2.24) is 19.0 Å². The molecular weight excluding hydrogens is 497 g/mol. The Morgan fingerprint density at radius 1 is 1.09 bits per heavy atom. The van der Waals surface area contributed by atoms with Crippen LogP contribution in [0.1, 0.15) is 25.7 Å². The Labute approximate surface area is 208 Å². The fourth-order valence-corrected chi connectivity index (χ4v) is 4.97. The molecule has 0 unspecified atom stereocenters. The molecule has 1 fully saturated rings. The van der Waals surface area contributed by atoms with E-state index in [2.05, 4.69) is 20.0 Å². The Morgan fingerprint density at radius 2 is 1.83 bits per heavy atom.